The summed E-state index contributed by atoms with van der Waals surface area (Å²) in [5, 5.41) is 15.3. The predicted molar refractivity (Wildman–Crippen MR) is 74.6 cm³/mol. The molecule has 0 bridgehead atoms. The first-order chi connectivity index (χ1) is 9.45. The van der Waals surface area contributed by atoms with Crippen molar-refractivity contribution in [3.05, 3.63) is 0 Å². The second-order valence-corrected chi connectivity index (χ2v) is 3.30. The van der Waals surface area contributed by atoms with E-state index < -0.39 is 5.97 Å². The van der Waals surface area contributed by atoms with Crippen LogP contribution in [-0.2, 0) is 23.8 Å². The maximum Gasteiger partial charge on any atom is 0.332 e. The Balaban J connectivity index is -0.000000297. The number of aliphatic hydroxyl groups is 1. The number of carboxylic acids is 1. The lowest BCUT2D eigenvalue weighted by Gasteiger charge is -2.03. The van der Waals surface area contributed by atoms with Gasteiger partial charge in [0.2, 0.25) is 0 Å². The Kier molecular flexibility index (Phi) is 27.4. The van der Waals surface area contributed by atoms with Gasteiger partial charge >= 0.3 is 5.97 Å². The molecule has 0 amide bonds. The standard InChI is InChI=1S/C8H16O4.C3H8O.C2H4O2/c1-3-10-5-6-11-7-8(9)12-4-2;1-2-3-4;1-2(3)4/h3-7H2,1-2H3;4H,2-3H2,1H3;1H3,(H,3,4). The normalized spacial score (nSPS) is 8.65. The molecule has 2 N–H and O–H groups in total. The van der Waals surface area contributed by atoms with Gasteiger partial charge < -0.3 is 24.4 Å². The predicted octanol–water partition coefficient (Wildman–Crippen LogP) is 1.08. The fourth-order valence-electron chi connectivity index (χ4n) is 0.620. The summed E-state index contributed by atoms with van der Waals surface area (Å²) < 4.78 is 14.6. The number of carboxylic acid groups (broad SMARTS) is 1. The van der Waals surface area contributed by atoms with Crippen LogP contribution in [0, 0.1) is 0 Å². The molecule has 0 aromatic heterocycles. The lowest BCUT2D eigenvalue weighted by molar-refractivity contribution is -0.148. The first-order valence-electron chi connectivity index (χ1n) is 6.57. The molecule has 0 aliphatic rings. The summed E-state index contributed by atoms with van der Waals surface area (Å²) in [6.07, 6.45) is 0.875. The Morgan fingerprint density at radius 2 is 1.45 bits per heavy atom. The third kappa shape index (κ3) is 43.7. The number of ether oxygens (including phenoxy) is 3. The van der Waals surface area contributed by atoms with Crippen molar-refractivity contribution in [3.8, 4) is 0 Å². The van der Waals surface area contributed by atoms with Gasteiger partial charge in [0.15, 0.2) is 0 Å². The van der Waals surface area contributed by atoms with Crippen molar-refractivity contribution in [1.29, 1.82) is 0 Å². The van der Waals surface area contributed by atoms with Gasteiger partial charge in [-0.3, -0.25) is 4.79 Å². The van der Waals surface area contributed by atoms with Gasteiger partial charge in [-0.25, -0.2) is 4.79 Å². The van der Waals surface area contributed by atoms with Gasteiger partial charge in [0.05, 0.1) is 19.8 Å². The third-order valence-electron chi connectivity index (χ3n) is 1.32. The molecule has 0 unspecified atom stereocenters. The molecule has 0 aromatic rings. The van der Waals surface area contributed by atoms with Crippen LogP contribution in [0.4, 0.5) is 0 Å². The van der Waals surface area contributed by atoms with Gasteiger partial charge in [-0.05, 0) is 20.3 Å². The highest BCUT2D eigenvalue weighted by atomic mass is 16.6. The number of hydrogen-bond acceptors (Lipinski definition) is 6. The van der Waals surface area contributed by atoms with E-state index in [-0.39, 0.29) is 12.6 Å². The summed E-state index contributed by atoms with van der Waals surface area (Å²) in [4.78, 5) is 19.7. The zero-order valence-corrected chi connectivity index (χ0v) is 12.9. The molecule has 0 spiro atoms. The lowest BCUT2D eigenvalue weighted by Crippen LogP contribution is -2.14. The van der Waals surface area contributed by atoms with Crippen molar-refractivity contribution in [2.75, 3.05) is 39.6 Å². The topological polar surface area (TPSA) is 102 Å². The van der Waals surface area contributed by atoms with E-state index in [4.69, 9.17) is 24.5 Å². The van der Waals surface area contributed by atoms with Crippen LogP contribution in [0.5, 0.6) is 0 Å². The SMILES string of the molecule is CC(=O)O.CCCO.CCOCCOCC(=O)OCC. The largest absolute Gasteiger partial charge is 0.481 e. The van der Waals surface area contributed by atoms with Gasteiger partial charge in [-0.2, -0.15) is 0 Å². The summed E-state index contributed by atoms with van der Waals surface area (Å²) in [7, 11) is 0. The van der Waals surface area contributed by atoms with Crippen LogP contribution in [0.15, 0.2) is 0 Å². The summed E-state index contributed by atoms with van der Waals surface area (Å²) in [6, 6.07) is 0. The van der Waals surface area contributed by atoms with Gasteiger partial charge in [0.25, 0.3) is 5.97 Å². The average Bonchev–Trinajstić information content (AvgIpc) is 2.38. The number of aliphatic hydroxyl groups excluding tert-OH is 1. The van der Waals surface area contributed by atoms with Crippen LogP contribution < -0.4 is 0 Å². The zero-order valence-electron chi connectivity index (χ0n) is 12.9. The minimum Gasteiger partial charge on any atom is -0.481 e. The summed E-state index contributed by atoms with van der Waals surface area (Å²) >= 11 is 0. The fourth-order valence-corrected chi connectivity index (χ4v) is 0.620. The first-order valence-corrected chi connectivity index (χ1v) is 6.57. The zero-order chi connectivity index (χ0) is 16.2. The lowest BCUT2D eigenvalue weighted by atomic mass is 10.5. The molecular formula is C13H28O7. The number of carbonyl (C=O) groups is 2. The molecule has 7 heteroatoms. The summed E-state index contributed by atoms with van der Waals surface area (Å²) in [5.41, 5.74) is 0. The van der Waals surface area contributed by atoms with E-state index in [0.717, 1.165) is 13.3 Å². The highest BCUT2D eigenvalue weighted by Gasteiger charge is 1.99. The molecule has 0 aromatic carbocycles. The summed E-state index contributed by atoms with van der Waals surface area (Å²) in [6.45, 7) is 9.04. The van der Waals surface area contributed by atoms with Crippen LogP contribution in [-0.4, -0.2) is 61.8 Å². The number of aliphatic carboxylic acids is 1. The maximum absolute atomic E-state index is 10.7. The Hall–Kier alpha value is -1.18. The molecule has 0 atom stereocenters. The van der Waals surface area contributed by atoms with E-state index in [9.17, 15) is 4.79 Å². The Morgan fingerprint density at radius 1 is 1.00 bits per heavy atom. The fraction of sp³-hybridized carbons (Fsp3) is 0.846. The van der Waals surface area contributed by atoms with E-state index in [1.54, 1.807) is 6.92 Å². The smallest absolute Gasteiger partial charge is 0.332 e. The van der Waals surface area contributed by atoms with Crippen molar-refractivity contribution >= 4 is 11.9 Å². The minimum absolute atomic E-state index is 0.0148. The third-order valence-corrected chi connectivity index (χ3v) is 1.32. The quantitative estimate of drug-likeness (QED) is 0.510. The van der Waals surface area contributed by atoms with Crippen molar-refractivity contribution in [2.45, 2.75) is 34.1 Å². The highest BCUT2D eigenvalue weighted by Crippen LogP contribution is 1.82. The number of carbonyl (C=O) groups excluding carboxylic acids is 1. The second kappa shape index (κ2) is 23.0. The number of esters is 1. The molecular weight excluding hydrogens is 268 g/mol. The van der Waals surface area contributed by atoms with Gasteiger partial charge in [0.1, 0.15) is 6.61 Å². The molecule has 0 rings (SSSR count). The van der Waals surface area contributed by atoms with E-state index >= 15 is 0 Å². The molecule has 7 nitrogen and oxygen atoms in total. The van der Waals surface area contributed by atoms with Gasteiger partial charge in [-0.1, -0.05) is 6.92 Å². The molecule has 0 aliphatic carbocycles. The first kappa shape index (κ1) is 23.9. The molecule has 20 heavy (non-hydrogen) atoms. The molecule has 0 saturated carbocycles. The van der Waals surface area contributed by atoms with Crippen molar-refractivity contribution < 1.29 is 34.0 Å². The van der Waals surface area contributed by atoms with E-state index in [0.29, 0.717) is 33.0 Å². The van der Waals surface area contributed by atoms with Crippen LogP contribution >= 0.6 is 0 Å². The molecule has 0 aliphatic heterocycles. The summed E-state index contributed by atoms with van der Waals surface area (Å²) in [5.74, 6) is -1.16. The van der Waals surface area contributed by atoms with Crippen molar-refractivity contribution in [2.24, 2.45) is 0 Å². The van der Waals surface area contributed by atoms with Crippen molar-refractivity contribution in [3.63, 3.8) is 0 Å². The molecule has 0 saturated heterocycles. The highest BCUT2D eigenvalue weighted by molar-refractivity contribution is 5.70. The van der Waals surface area contributed by atoms with Gasteiger partial charge in [-0.15, -0.1) is 0 Å². The van der Waals surface area contributed by atoms with E-state index in [2.05, 4.69) is 4.74 Å². The average molecular weight is 296 g/mol. The molecule has 0 fully saturated rings. The van der Waals surface area contributed by atoms with Crippen LogP contribution in [0.25, 0.3) is 0 Å². The Labute approximate surface area is 120 Å². The number of hydrogen-bond donors (Lipinski definition) is 2. The Morgan fingerprint density at radius 3 is 1.80 bits per heavy atom. The molecule has 122 valence electrons. The molecule has 0 radical (unpaired) electrons. The Bertz CT molecular complexity index is 201. The monoisotopic (exact) mass is 296 g/mol. The number of rotatable bonds is 8. The van der Waals surface area contributed by atoms with E-state index in [1.165, 1.54) is 0 Å². The van der Waals surface area contributed by atoms with E-state index in [1.807, 2.05) is 13.8 Å². The van der Waals surface area contributed by atoms with Crippen LogP contribution in [0.2, 0.25) is 0 Å². The van der Waals surface area contributed by atoms with Crippen LogP contribution in [0.1, 0.15) is 34.1 Å². The van der Waals surface area contributed by atoms with Crippen LogP contribution in [0.3, 0.4) is 0 Å². The minimum atomic E-state index is -0.833. The van der Waals surface area contributed by atoms with Crippen molar-refractivity contribution in [1.82, 2.24) is 0 Å². The van der Waals surface area contributed by atoms with Gasteiger partial charge in [0, 0.05) is 20.1 Å². The molecule has 0 heterocycles. The second-order valence-electron chi connectivity index (χ2n) is 3.30. The maximum atomic E-state index is 10.7.